The Bertz CT molecular complexity index is 1050. The lowest BCUT2D eigenvalue weighted by molar-refractivity contribution is -0.133. The molecule has 1 saturated heterocycles. The second-order valence-electron chi connectivity index (χ2n) is 8.33. The van der Waals surface area contributed by atoms with Gasteiger partial charge in [0.15, 0.2) is 0 Å². The minimum absolute atomic E-state index is 0.242. The van der Waals surface area contributed by atoms with Crippen LogP contribution >= 0.6 is 0 Å². The number of rotatable bonds is 5. The molecule has 0 spiro atoms. The number of carbonyl (C=O) groups is 1. The normalized spacial score (nSPS) is 19.7. The van der Waals surface area contributed by atoms with Crippen molar-refractivity contribution >= 4 is 5.91 Å². The van der Waals surface area contributed by atoms with Crippen molar-refractivity contribution in [2.75, 3.05) is 20.2 Å². The fourth-order valence-corrected chi connectivity index (χ4v) is 4.72. The van der Waals surface area contributed by atoms with Gasteiger partial charge in [0, 0.05) is 42.9 Å². The lowest BCUT2D eigenvalue weighted by atomic mass is 9.94. The highest BCUT2D eigenvalue weighted by Crippen LogP contribution is 2.50. The second kappa shape index (κ2) is 7.27. The van der Waals surface area contributed by atoms with Gasteiger partial charge in [-0.1, -0.05) is 12.1 Å². The molecule has 5 rings (SSSR count). The van der Waals surface area contributed by atoms with Crippen LogP contribution in [0.5, 0.6) is 5.75 Å². The van der Waals surface area contributed by atoms with E-state index in [1.807, 2.05) is 42.6 Å². The van der Waals surface area contributed by atoms with Crippen molar-refractivity contribution in [1.29, 1.82) is 0 Å². The maximum atomic E-state index is 13.5. The molecule has 1 unspecified atom stereocenters. The average Bonchev–Trinajstić information content (AvgIpc) is 3.30. The molecule has 1 aliphatic heterocycles. The third kappa shape index (κ3) is 3.07. The summed E-state index contributed by atoms with van der Waals surface area (Å²) in [7, 11) is 1.66. The van der Waals surface area contributed by atoms with E-state index in [2.05, 4.69) is 26.4 Å². The van der Waals surface area contributed by atoms with Crippen LogP contribution in [0.15, 0.2) is 55.0 Å². The van der Waals surface area contributed by atoms with Gasteiger partial charge in [0.2, 0.25) is 5.91 Å². The second-order valence-corrected chi connectivity index (χ2v) is 8.33. The molecule has 6 heteroatoms. The van der Waals surface area contributed by atoms with Crippen molar-refractivity contribution in [2.24, 2.45) is 0 Å². The van der Waals surface area contributed by atoms with Gasteiger partial charge in [0.1, 0.15) is 11.6 Å². The SMILES string of the molecule is COc1ccc(C2(C(=O)N3CCC(n4c(C)cnc4-c4ccncc4)C3)CC2)cc1. The number of carbonyl (C=O) groups excluding carboxylic acids is 1. The predicted molar refractivity (Wildman–Crippen MR) is 114 cm³/mol. The molecule has 3 aromatic rings. The molecule has 1 aliphatic carbocycles. The van der Waals surface area contributed by atoms with Crippen molar-refractivity contribution in [1.82, 2.24) is 19.4 Å². The number of nitrogens with zero attached hydrogens (tertiary/aromatic N) is 4. The van der Waals surface area contributed by atoms with Gasteiger partial charge >= 0.3 is 0 Å². The summed E-state index contributed by atoms with van der Waals surface area (Å²) < 4.78 is 7.56. The smallest absolute Gasteiger partial charge is 0.233 e. The summed E-state index contributed by atoms with van der Waals surface area (Å²) in [6.07, 6.45) is 8.29. The van der Waals surface area contributed by atoms with Crippen molar-refractivity contribution in [3.63, 3.8) is 0 Å². The minimum Gasteiger partial charge on any atom is -0.497 e. The molecule has 1 saturated carbocycles. The van der Waals surface area contributed by atoms with E-state index in [4.69, 9.17) is 4.74 Å². The number of pyridine rings is 1. The van der Waals surface area contributed by atoms with E-state index in [0.717, 1.165) is 60.7 Å². The molecule has 0 radical (unpaired) electrons. The topological polar surface area (TPSA) is 60.2 Å². The Labute approximate surface area is 176 Å². The molecule has 2 aliphatic rings. The van der Waals surface area contributed by atoms with Crippen molar-refractivity contribution < 1.29 is 9.53 Å². The summed E-state index contributed by atoms with van der Waals surface area (Å²) in [5.74, 6) is 2.03. The molecule has 2 fully saturated rings. The highest BCUT2D eigenvalue weighted by molar-refractivity contribution is 5.91. The number of hydrogen-bond donors (Lipinski definition) is 0. The number of methoxy groups -OCH3 is 1. The molecule has 1 amide bonds. The highest BCUT2D eigenvalue weighted by Gasteiger charge is 2.53. The first kappa shape index (κ1) is 18.9. The molecule has 0 bridgehead atoms. The first-order chi connectivity index (χ1) is 14.6. The van der Waals surface area contributed by atoms with Gasteiger partial charge in [-0.3, -0.25) is 9.78 Å². The van der Waals surface area contributed by atoms with E-state index in [9.17, 15) is 4.79 Å². The molecule has 0 N–H and O–H groups in total. The van der Waals surface area contributed by atoms with Crippen LogP contribution in [0.2, 0.25) is 0 Å². The molecule has 1 atom stereocenters. The van der Waals surface area contributed by atoms with Crippen LogP contribution in [-0.4, -0.2) is 45.5 Å². The quantitative estimate of drug-likeness (QED) is 0.652. The van der Waals surface area contributed by atoms with Crippen LogP contribution in [0.4, 0.5) is 0 Å². The van der Waals surface area contributed by atoms with Gasteiger partial charge in [0.25, 0.3) is 0 Å². The Kier molecular flexibility index (Phi) is 4.57. The van der Waals surface area contributed by atoms with Crippen molar-refractivity contribution in [2.45, 2.75) is 37.6 Å². The number of imidazole rings is 1. The van der Waals surface area contributed by atoms with Crippen LogP contribution in [0, 0.1) is 6.92 Å². The van der Waals surface area contributed by atoms with Crippen LogP contribution in [0.1, 0.15) is 36.6 Å². The highest BCUT2D eigenvalue weighted by atomic mass is 16.5. The number of ether oxygens (including phenoxy) is 1. The predicted octanol–water partition coefficient (Wildman–Crippen LogP) is 3.77. The van der Waals surface area contributed by atoms with Crippen LogP contribution in [0.3, 0.4) is 0 Å². The summed E-state index contributed by atoms with van der Waals surface area (Å²) in [4.78, 5) is 24.3. The van der Waals surface area contributed by atoms with Gasteiger partial charge in [-0.15, -0.1) is 0 Å². The van der Waals surface area contributed by atoms with E-state index in [-0.39, 0.29) is 17.4 Å². The van der Waals surface area contributed by atoms with Gasteiger partial charge < -0.3 is 14.2 Å². The average molecular weight is 402 g/mol. The van der Waals surface area contributed by atoms with Gasteiger partial charge in [-0.25, -0.2) is 4.98 Å². The molecular weight excluding hydrogens is 376 g/mol. The lowest BCUT2D eigenvalue weighted by Crippen LogP contribution is -2.38. The first-order valence-corrected chi connectivity index (χ1v) is 10.5. The summed E-state index contributed by atoms with van der Waals surface area (Å²) in [6.45, 7) is 3.60. The third-order valence-corrected chi connectivity index (χ3v) is 6.54. The Morgan fingerprint density at radius 2 is 1.87 bits per heavy atom. The summed E-state index contributed by atoms with van der Waals surface area (Å²) in [5.41, 5.74) is 2.93. The lowest BCUT2D eigenvalue weighted by Gasteiger charge is -2.24. The van der Waals surface area contributed by atoms with E-state index in [1.54, 1.807) is 19.5 Å². The van der Waals surface area contributed by atoms with Gasteiger partial charge in [0.05, 0.1) is 18.6 Å². The molecular formula is C24H26N4O2. The number of amides is 1. The van der Waals surface area contributed by atoms with Crippen molar-refractivity contribution in [3.8, 4) is 17.1 Å². The maximum Gasteiger partial charge on any atom is 0.233 e. The Balaban J connectivity index is 1.37. The van der Waals surface area contributed by atoms with E-state index < -0.39 is 0 Å². The zero-order valence-corrected chi connectivity index (χ0v) is 17.4. The molecule has 6 nitrogen and oxygen atoms in total. The standard InChI is InChI=1S/C24H26N4O2/c1-17-15-26-22(18-7-12-25-13-8-18)28(17)20-9-14-27(16-20)23(29)24(10-11-24)19-3-5-21(30-2)6-4-19/h3-8,12-13,15,20H,9-11,14,16H2,1-2H3. The first-order valence-electron chi connectivity index (χ1n) is 10.5. The Morgan fingerprint density at radius 1 is 1.13 bits per heavy atom. The number of aromatic nitrogens is 3. The van der Waals surface area contributed by atoms with Crippen LogP contribution in [0.25, 0.3) is 11.4 Å². The van der Waals surface area contributed by atoms with Crippen LogP contribution in [-0.2, 0) is 10.2 Å². The maximum absolute atomic E-state index is 13.5. The molecule has 30 heavy (non-hydrogen) atoms. The fourth-order valence-electron chi connectivity index (χ4n) is 4.72. The Morgan fingerprint density at radius 3 is 2.53 bits per heavy atom. The van der Waals surface area contributed by atoms with Crippen LogP contribution < -0.4 is 4.74 Å². The largest absolute Gasteiger partial charge is 0.497 e. The van der Waals surface area contributed by atoms with Crippen molar-refractivity contribution in [3.05, 3.63) is 66.2 Å². The number of hydrogen-bond acceptors (Lipinski definition) is 4. The summed E-state index contributed by atoms with van der Waals surface area (Å²) in [6, 6.07) is 12.2. The summed E-state index contributed by atoms with van der Waals surface area (Å²) in [5, 5.41) is 0. The monoisotopic (exact) mass is 402 g/mol. The zero-order chi connectivity index (χ0) is 20.7. The van der Waals surface area contributed by atoms with Gasteiger partial charge in [-0.05, 0) is 56.0 Å². The zero-order valence-electron chi connectivity index (χ0n) is 17.4. The fraction of sp³-hybridized carbons (Fsp3) is 0.375. The van der Waals surface area contributed by atoms with E-state index in [0.29, 0.717) is 0 Å². The number of likely N-dealkylation sites (tertiary alicyclic amines) is 1. The van der Waals surface area contributed by atoms with E-state index in [1.165, 1.54) is 0 Å². The number of benzene rings is 1. The molecule has 3 heterocycles. The summed E-state index contributed by atoms with van der Waals surface area (Å²) >= 11 is 0. The third-order valence-electron chi connectivity index (χ3n) is 6.54. The van der Waals surface area contributed by atoms with E-state index >= 15 is 0 Å². The molecule has 2 aromatic heterocycles. The molecule has 1 aromatic carbocycles. The number of aryl methyl sites for hydroxylation is 1. The minimum atomic E-state index is -0.348. The molecule has 154 valence electrons. The van der Waals surface area contributed by atoms with Gasteiger partial charge in [-0.2, -0.15) is 0 Å². The Hall–Kier alpha value is -3.15.